The summed E-state index contributed by atoms with van der Waals surface area (Å²) >= 11 is 0. The van der Waals surface area contributed by atoms with Crippen LogP contribution in [0.15, 0.2) is 24.3 Å². The Morgan fingerprint density at radius 1 is 1.35 bits per heavy atom. The number of amides is 1. The minimum Gasteiger partial charge on any atom is -0.492 e. The largest absolute Gasteiger partial charge is 0.492 e. The van der Waals surface area contributed by atoms with Gasteiger partial charge in [0.2, 0.25) is 5.91 Å². The van der Waals surface area contributed by atoms with E-state index >= 15 is 0 Å². The molecule has 1 aromatic rings. The summed E-state index contributed by atoms with van der Waals surface area (Å²) in [6, 6.07) is 7.22. The molecule has 0 fully saturated rings. The number of carbonyl (C=O) groups excluding carboxylic acids is 1. The standard InChI is InChI=1S/C12H19N3O2/c1-15(2)7-8-17-11-5-3-10(4-6-11)14-12(16)9-13/h3-6H,7-9,13H2,1-2H3,(H,14,16). The van der Waals surface area contributed by atoms with Crippen molar-refractivity contribution >= 4 is 11.6 Å². The summed E-state index contributed by atoms with van der Waals surface area (Å²) < 4.78 is 5.52. The number of benzene rings is 1. The summed E-state index contributed by atoms with van der Waals surface area (Å²) in [7, 11) is 3.99. The van der Waals surface area contributed by atoms with Crippen molar-refractivity contribution in [3.63, 3.8) is 0 Å². The van der Waals surface area contributed by atoms with Crippen LogP contribution in [-0.4, -0.2) is 44.6 Å². The second-order valence-corrected chi connectivity index (χ2v) is 3.93. The average molecular weight is 237 g/mol. The van der Waals surface area contributed by atoms with E-state index in [4.69, 9.17) is 10.5 Å². The van der Waals surface area contributed by atoms with E-state index in [1.165, 1.54) is 0 Å². The second-order valence-electron chi connectivity index (χ2n) is 3.93. The van der Waals surface area contributed by atoms with Crippen LogP contribution in [0.4, 0.5) is 5.69 Å². The molecule has 0 atom stereocenters. The molecular weight excluding hydrogens is 218 g/mol. The monoisotopic (exact) mass is 237 g/mol. The van der Waals surface area contributed by atoms with Crippen molar-refractivity contribution in [1.29, 1.82) is 0 Å². The van der Waals surface area contributed by atoms with Gasteiger partial charge in [-0.1, -0.05) is 0 Å². The quantitative estimate of drug-likeness (QED) is 0.757. The minimum atomic E-state index is -0.203. The molecule has 0 aliphatic carbocycles. The molecule has 0 saturated heterocycles. The summed E-state index contributed by atoms with van der Waals surface area (Å²) in [5, 5.41) is 2.67. The van der Waals surface area contributed by atoms with Gasteiger partial charge in [0.1, 0.15) is 12.4 Å². The van der Waals surface area contributed by atoms with E-state index in [0.29, 0.717) is 6.61 Å². The molecule has 5 heteroatoms. The van der Waals surface area contributed by atoms with Gasteiger partial charge >= 0.3 is 0 Å². The molecule has 1 rings (SSSR count). The van der Waals surface area contributed by atoms with Gasteiger partial charge in [-0.25, -0.2) is 0 Å². The van der Waals surface area contributed by atoms with Gasteiger partial charge in [-0.3, -0.25) is 4.79 Å². The van der Waals surface area contributed by atoms with Crippen LogP contribution in [0.3, 0.4) is 0 Å². The van der Waals surface area contributed by atoms with Crippen molar-refractivity contribution in [1.82, 2.24) is 4.90 Å². The first-order valence-corrected chi connectivity index (χ1v) is 5.49. The number of anilines is 1. The Bertz CT molecular complexity index is 349. The number of hydrogen-bond acceptors (Lipinski definition) is 4. The van der Waals surface area contributed by atoms with Crippen molar-refractivity contribution < 1.29 is 9.53 Å². The molecule has 1 aromatic carbocycles. The molecule has 0 heterocycles. The van der Waals surface area contributed by atoms with Gasteiger partial charge in [0.25, 0.3) is 0 Å². The van der Waals surface area contributed by atoms with E-state index in [0.717, 1.165) is 18.0 Å². The molecular formula is C12H19N3O2. The lowest BCUT2D eigenvalue weighted by Crippen LogP contribution is -2.21. The zero-order chi connectivity index (χ0) is 12.7. The van der Waals surface area contributed by atoms with Gasteiger partial charge in [0.15, 0.2) is 0 Å². The Balaban J connectivity index is 2.42. The van der Waals surface area contributed by atoms with Gasteiger partial charge in [-0.05, 0) is 38.4 Å². The molecule has 1 amide bonds. The van der Waals surface area contributed by atoms with Crippen molar-refractivity contribution in [2.45, 2.75) is 0 Å². The van der Waals surface area contributed by atoms with E-state index in [9.17, 15) is 4.79 Å². The van der Waals surface area contributed by atoms with Gasteiger partial charge in [-0.15, -0.1) is 0 Å². The third-order valence-corrected chi connectivity index (χ3v) is 2.13. The van der Waals surface area contributed by atoms with Crippen LogP contribution < -0.4 is 15.8 Å². The molecule has 0 saturated carbocycles. The maximum Gasteiger partial charge on any atom is 0.238 e. The molecule has 5 nitrogen and oxygen atoms in total. The van der Waals surface area contributed by atoms with Crippen LogP contribution in [0.25, 0.3) is 0 Å². The summed E-state index contributed by atoms with van der Waals surface area (Å²) in [5.74, 6) is 0.587. The van der Waals surface area contributed by atoms with Gasteiger partial charge in [-0.2, -0.15) is 0 Å². The topological polar surface area (TPSA) is 67.6 Å². The Labute approximate surface area is 102 Å². The summed E-state index contributed by atoms with van der Waals surface area (Å²) in [6.45, 7) is 1.49. The normalized spacial score (nSPS) is 10.4. The maximum absolute atomic E-state index is 11.0. The van der Waals surface area contributed by atoms with E-state index in [1.54, 1.807) is 12.1 Å². The lowest BCUT2D eigenvalue weighted by molar-refractivity contribution is -0.114. The maximum atomic E-state index is 11.0. The number of rotatable bonds is 6. The van der Waals surface area contributed by atoms with E-state index in [1.807, 2.05) is 26.2 Å². The van der Waals surface area contributed by atoms with Gasteiger partial charge < -0.3 is 20.7 Å². The second kappa shape index (κ2) is 6.88. The first-order chi connectivity index (χ1) is 8.11. The van der Waals surface area contributed by atoms with Crippen molar-refractivity contribution in [3.05, 3.63) is 24.3 Å². The lowest BCUT2D eigenvalue weighted by atomic mass is 10.3. The molecule has 17 heavy (non-hydrogen) atoms. The fourth-order valence-corrected chi connectivity index (χ4v) is 1.19. The fourth-order valence-electron chi connectivity index (χ4n) is 1.19. The molecule has 0 aliphatic rings. The van der Waals surface area contributed by atoms with Crippen molar-refractivity contribution in [3.8, 4) is 5.75 Å². The Morgan fingerprint density at radius 2 is 2.00 bits per heavy atom. The van der Waals surface area contributed by atoms with Gasteiger partial charge in [0.05, 0.1) is 6.54 Å². The zero-order valence-corrected chi connectivity index (χ0v) is 10.3. The van der Waals surface area contributed by atoms with E-state index in [-0.39, 0.29) is 12.5 Å². The van der Waals surface area contributed by atoms with E-state index < -0.39 is 0 Å². The summed E-state index contributed by atoms with van der Waals surface area (Å²) in [6.07, 6.45) is 0. The first-order valence-electron chi connectivity index (χ1n) is 5.49. The van der Waals surface area contributed by atoms with Crippen molar-refractivity contribution in [2.24, 2.45) is 5.73 Å². The van der Waals surface area contributed by atoms with E-state index in [2.05, 4.69) is 10.2 Å². The van der Waals surface area contributed by atoms with Crippen LogP contribution in [-0.2, 0) is 4.79 Å². The molecule has 0 bridgehead atoms. The lowest BCUT2D eigenvalue weighted by Gasteiger charge is -2.11. The van der Waals surface area contributed by atoms with Crippen molar-refractivity contribution in [2.75, 3.05) is 39.1 Å². The molecule has 0 unspecified atom stereocenters. The number of nitrogens with two attached hydrogens (primary N) is 1. The molecule has 0 radical (unpaired) electrons. The van der Waals surface area contributed by atoms with Crippen LogP contribution in [0, 0.1) is 0 Å². The highest BCUT2D eigenvalue weighted by Crippen LogP contribution is 2.15. The number of hydrogen-bond donors (Lipinski definition) is 2. The van der Waals surface area contributed by atoms with Crippen LogP contribution in [0.1, 0.15) is 0 Å². The molecule has 0 aliphatic heterocycles. The minimum absolute atomic E-state index is 0.0128. The van der Waals surface area contributed by atoms with Crippen LogP contribution in [0.2, 0.25) is 0 Å². The van der Waals surface area contributed by atoms with Crippen LogP contribution >= 0.6 is 0 Å². The summed E-state index contributed by atoms with van der Waals surface area (Å²) in [4.78, 5) is 13.1. The predicted octanol–water partition coefficient (Wildman–Crippen LogP) is 0.524. The Morgan fingerprint density at radius 3 is 2.53 bits per heavy atom. The third kappa shape index (κ3) is 5.33. The Kier molecular flexibility index (Phi) is 5.45. The number of nitrogens with zero attached hydrogens (tertiary/aromatic N) is 1. The first kappa shape index (κ1) is 13.5. The number of likely N-dealkylation sites (N-methyl/N-ethyl adjacent to an activating group) is 1. The highest BCUT2D eigenvalue weighted by molar-refractivity contribution is 5.92. The number of ether oxygens (including phenoxy) is 1. The SMILES string of the molecule is CN(C)CCOc1ccc(NC(=O)CN)cc1. The molecule has 0 aromatic heterocycles. The fraction of sp³-hybridized carbons (Fsp3) is 0.417. The molecule has 94 valence electrons. The Hall–Kier alpha value is -1.59. The number of carbonyl (C=O) groups is 1. The highest BCUT2D eigenvalue weighted by atomic mass is 16.5. The van der Waals surface area contributed by atoms with Crippen LogP contribution in [0.5, 0.6) is 5.75 Å². The average Bonchev–Trinajstić information content (AvgIpc) is 2.31. The summed E-state index contributed by atoms with van der Waals surface area (Å²) in [5.41, 5.74) is 5.93. The number of nitrogens with one attached hydrogen (secondary N) is 1. The molecule has 0 spiro atoms. The predicted molar refractivity (Wildman–Crippen MR) is 68.2 cm³/mol. The zero-order valence-electron chi connectivity index (χ0n) is 10.3. The highest BCUT2D eigenvalue weighted by Gasteiger charge is 1.99. The smallest absolute Gasteiger partial charge is 0.238 e. The molecule has 3 N–H and O–H groups in total. The third-order valence-electron chi connectivity index (χ3n) is 2.13. The van der Waals surface area contributed by atoms with Gasteiger partial charge in [0, 0.05) is 12.2 Å².